The van der Waals surface area contributed by atoms with Gasteiger partial charge in [0.25, 0.3) is 0 Å². The minimum atomic E-state index is -0.499. The molecule has 1 aliphatic heterocycles. The molecule has 0 saturated carbocycles. The first kappa shape index (κ1) is 19.3. The van der Waals surface area contributed by atoms with E-state index in [1.807, 2.05) is 37.3 Å². The molecule has 142 valence electrons. The van der Waals surface area contributed by atoms with Gasteiger partial charge in [-0.2, -0.15) is 0 Å². The number of aliphatic hydroxyl groups excluding tert-OH is 1. The Morgan fingerprint density at radius 2 is 1.96 bits per heavy atom. The fraction of sp³-hybridized carbons (Fsp3) is 0.526. The third-order valence-electron chi connectivity index (χ3n) is 4.52. The average molecular weight is 380 g/mol. The van der Waals surface area contributed by atoms with E-state index in [0.717, 1.165) is 49.7 Å². The number of aryl methyl sites for hydroxylation is 1. The van der Waals surface area contributed by atoms with Gasteiger partial charge in [-0.3, -0.25) is 9.80 Å². The van der Waals surface area contributed by atoms with Crippen LogP contribution in [0.3, 0.4) is 0 Å². The highest BCUT2D eigenvalue weighted by molar-refractivity contribution is 6.31. The molecular formula is C19H26ClN3O3. The number of aromatic nitrogens is 1. The number of nitrogens with zero attached hydrogens (tertiary/aromatic N) is 3. The first-order valence-corrected chi connectivity index (χ1v) is 9.34. The zero-order chi connectivity index (χ0) is 18.4. The molecule has 2 aromatic rings. The van der Waals surface area contributed by atoms with E-state index in [9.17, 15) is 5.11 Å². The third-order valence-corrected chi connectivity index (χ3v) is 4.88. The Hall–Kier alpha value is -1.44. The van der Waals surface area contributed by atoms with Crippen molar-refractivity contribution in [3.05, 3.63) is 52.4 Å². The normalized spacial score (nSPS) is 17.5. The molecule has 0 aliphatic carbocycles. The van der Waals surface area contributed by atoms with Gasteiger partial charge in [0, 0.05) is 43.8 Å². The lowest BCUT2D eigenvalue weighted by Gasteiger charge is -2.35. The molecule has 1 fully saturated rings. The van der Waals surface area contributed by atoms with Gasteiger partial charge in [0.05, 0.1) is 31.6 Å². The van der Waals surface area contributed by atoms with Crippen molar-refractivity contribution in [2.45, 2.75) is 26.2 Å². The maximum Gasteiger partial charge on any atom is 0.150 e. The molecule has 1 atom stereocenters. The van der Waals surface area contributed by atoms with E-state index < -0.39 is 6.10 Å². The standard InChI is InChI=1S/C19H26ClN3O3/c1-15-10-18(26-21-15)12-23-8-6-22(7-9-23)11-17(24)14-25-13-16-4-2-3-5-19(16)20/h2-5,10,17,24H,6-9,11-14H2,1H3. The van der Waals surface area contributed by atoms with E-state index in [2.05, 4.69) is 15.0 Å². The molecule has 1 aliphatic rings. The molecule has 2 heterocycles. The maximum atomic E-state index is 10.2. The van der Waals surface area contributed by atoms with Gasteiger partial charge in [-0.05, 0) is 18.6 Å². The molecule has 7 heteroatoms. The van der Waals surface area contributed by atoms with Gasteiger partial charge in [0.2, 0.25) is 0 Å². The van der Waals surface area contributed by atoms with E-state index in [1.54, 1.807) is 0 Å². The van der Waals surface area contributed by atoms with E-state index >= 15 is 0 Å². The fourth-order valence-electron chi connectivity index (χ4n) is 3.11. The summed E-state index contributed by atoms with van der Waals surface area (Å²) in [4.78, 5) is 4.61. The second-order valence-corrected chi connectivity index (χ2v) is 7.18. The highest BCUT2D eigenvalue weighted by Gasteiger charge is 2.20. The number of benzene rings is 1. The first-order valence-electron chi connectivity index (χ1n) is 8.96. The molecule has 1 aromatic heterocycles. The number of hydrogen-bond acceptors (Lipinski definition) is 6. The van der Waals surface area contributed by atoms with E-state index in [-0.39, 0.29) is 0 Å². The van der Waals surface area contributed by atoms with Gasteiger partial charge in [-0.1, -0.05) is 35.0 Å². The molecule has 1 saturated heterocycles. The summed E-state index contributed by atoms with van der Waals surface area (Å²) in [6, 6.07) is 9.58. The van der Waals surface area contributed by atoms with E-state index in [0.29, 0.717) is 24.8 Å². The van der Waals surface area contributed by atoms with Crippen molar-refractivity contribution in [3.63, 3.8) is 0 Å². The zero-order valence-electron chi connectivity index (χ0n) is 15.1. The first-order chi connectivity index (χ1) is 12.6. The number of rotatable bonds is 8. The summed E-state index contributed by atoms with van der Waals surface area (Å²) in [5.74, 6) is 0.906. The third kappa shape index (κ3) is 5.79. The maximum absolute atomic E-state index is 10.2. The Kier molecular flexibility index (Phi) is 7.05. The highest BCUT2D eigenvalue weighted by atomic mass is 35.5. The summed E-state index contributed by atoms with van der Waals surface area (Å²) in [7, 11) is 0. The van der Waals surface area contributed by atoms with Crippen LogP contribution in [-0.4, -0.2) is 65.5 Å². The van der Waals surface area contributed by atoms with Crippen LogP contribution in [0, 0.1) is 6.92 Å². The van der Waals surface area contributed by atoms with Crippen molar-refractivity contribution in [2.24, 2.45) is 0 Å². The van der Waals surface area contributed by atoms with Crippen LogP contribution in [-0.2, 0) is 17.9 Å². The van der Waals surface area contributed by atoms with E-state index in [4.69, 9.17) is 20.9 Å². The summed E-state index contributed by atoms with van der Waals surface area (Å²) in [6.07, 6.45) is -0.499. The molecule has 0 spiro atoms. The zero-order valence-corrected chi connectivity index (χ0v) is 15.9. The van der Waals surface area contributed by atoms with E-state index in [1.165, 1.54) is 0 Å². The van der Waals surface area contributed by atoms with Crippen LogP contribution in [0.1, 0.15) is 17.0 Å². The Morgan fingerprint density at radius 3 is 2.65 bits per heavy atom. The highest BCUT2D eigenvalue weighted by Crippen LogP contribution is 2.16. The van der Waals surface area contributed by atoms with Gasteiger partial charge in [-0.25, -0.2) is 0 Å². The lowest BCUT2D eigenvalue weighted by atomic mass is 10.2. The van der Waals surface area contributed by atoms with Gasteiger partial charge >= 0.3 is 0 Å². The van der Waals surface area contributed by atoms with Crippen molar-refractivity contribution in [1.29, 1.82) is 0 Å². The lowest BCUT2D eigenvalue weighted by molar-refractivity contribution is 0.000391. The van der Waals surface area contributed by atoms with Crippen LogP contribution in [0.5, 0.6) is 0 Å². The molecule has 3 rings (SSSR count). The van der Waals surface area contributed by atoms with Crippen LogP contribution < -0.4 is 0 Å². The van der Waals surface area contributed by atoms with Crippen LogP contribution >= 0.6 is 11.6 Å². The number of ether oxygens (including phenoxy) is 1. The van der Waals surface area contributed by atoms with Crippen molar-refractivity contribution >= 4 is 11.6 Å². The lowest BCUT2D eigenvalue weighted by Crippen LogP contribution is -2.48. The second-order valence-electron chi connectivity index (χ2n) is 6.77. The minimum Gasteiger partial charge on any atom is -0.389 e. The average Bonchev–Trinajstić information content (AvgIpc) is 3.03. The Balaban J connectivity index is 1.33. The monoisotopic (exact) mass is 379 g/mol. The van der Waals surface area contributed by atoms with Crippen LogP contribution in [0.2, 0.25) is 5.02 Å². The molecule has 1 unspecified atom stereocenters. The number of piperazine rings is 1. The van der Waals surface area contributed by atoms with Gasteiger partial charge < -0.3 is 14.4 Å². The summed E-state index contributed by atoms with van der Waals surface area (Å²) < 4.78 is 10.9. The van der Waals surface area contributed by atoms with Crippen LogP contribution in [0.15, 0.2) is 34.9 Å². The van der Waals surface area contributed by atoms with Gasteiger partial charge in [0.1, 0.15) is 0 Å². The fourth-order valence-corrected chi connectivity index (χ4v) is 3.30. The SMILES string of the molecule is Cc1cc(CN2CCN(CC(O)COCc3ccccc3Cl)CC2)on1. The van der Waals surface area contributed by atoms with Crippen molar-refractivity contribution in [1.82, 2.24) is 15.0 Å². The summed E-state index contributed by atoms with van der Waals surface area (Å²) in [6.45, 7) is 7.82. The molecule has 1 aromatic carbocycles. The van der Waals surface area contributed by atoms with Crippen LogP contribution in [0.4, 0.5) is 0 Å². The molecule has 0 radical (unpaired) electrons. The molecule has 6 nitrogen and oxygen atoms in total. The predicted molar refractivity (Wildman–Crippen MR) is 100 cm³/mol. The largest absolute Gasteiger partial charge is 0.389 e. The predicted octanol–water partition coefficient (Wildman–Crippen LogP) is 2.33. The summed E-state index contributed by atoms with van der Waals surface area (Å²) >= 11 is 6.10. The summed E-state index contributed by atoms with van der Waals surface area (Å²) in [5.41, 5.74) is 1.86. The van der Waals surface area contributed by atoms with Crippen LogP contribution in [0.25, 0.3) is 0 Å². The van der Waals surface area contributed by atoms with Gasteiger partial charge in [0.15, 0.2) is 5.76 Å². The summed E-state index contributed by atoms with van der Waals surface area (Å²) in [5, 5.41) is 14.8. The Morgan fingerprint density at radius 1 is 1.23 bits per heavy atom. The van der Waals surface area contributed by atoms with Crippen molar-refractivity contribution in [3.8, 4) is 0 Å². The smallest absolute Gasteiger partial charge is 0.150 e. The number of hydrogen-bond donors (Lipinski definition) is 1. The topological polar surface area (TPSA) is 62.0 Å². The molecule has 1 N–H and O–H groups in total. The van der Waals surface area contributed by atoms with Gasteiger partial charge in [-0.15, -0.1) is 0 Å². The van der Waals surface area contributed by atoms with Crippen molar-refractivity contribution < 1.29 is 14.4 Å². The number of aliphatic hydroxyl groups is 1. The molecular weight excluding hydrogens is 354 g/mol. The Bertz CT molecular complexity index is 686. The quantitative estimate of drug-likeness (QED) is 0.759. The molecule has 26 heavy (non-hydrogen) atoms. The Labute approximate surface area is 159 Å². The second kappa shape index (κ2) is 9.48. The van der Waals surface area contributed by atoms with Crippen molar-refractivity contribution in [2.75, 3.05) is 39.3 Å². The molecule has 0 amide bonds. The number of β-amino-alcohol motifs (C(OH)–C–C–N with tert-alkyl or cyclic N) is 1. The molecule has 0 bridgehead atoms. The number of halogens is 1. The minimum absolute atomic E-state index is 0.308.